The van der Waals surface area contributed by atoms with Gasteiger partial charge in [-0.25, -0.2) is 0 Å². The second-order valence-corrected chi connectivity index (χ2v) is 8.14. The number of aliphatic hydroxyl groups is 1. The topological polar surface area (TPSA) is 85.9 Å². The number of aliphatic hydroxyl groups excluding tert-OH is 1. The number of hydrogen-bond acceptors (Lipinski definition) is 5. The van der Waals surface area contributed by atoms with Gasteiger partial charge in [-0.15, -0.1) is 0 Å². The first-order valence-electron chi connectivity index (χ1n) is 10.6. The molecule has 1 aromatic heterocycles. The zero-order valence-corrected chi connectivity index (χ0v) is 18.5. The number of hydrogen-bond donors (Lipinski definition) is 2. The van der Waals surface area contributed by atoms with Gasteiger partial charge in [0.25, 0.3) is 11.7 Å². The van der Waals surface area contributed by atoms with Crippen molar-refractivity contribution in [2.45, 2.75) is 12.5 Å². The highest BCUT2D eigenvalue weighted by atomic mass is 16.5. The Hall–Kier alpha value is -3.58. The zero-order chi connectivity index (χ0) is 22.8. The minimum absolute atomic E-state index is 0.0779. The first kappa shape index (κ1) is 21.6. The van der Waals surface area contributed by atoms with Gasteiger partial charge >= 0.3 is 0 Å². The minimum atomic E-state index is -0.734. The summed E-state index contributed by atoms with van der Waals surface area (Å²) < 4.78 is 5.54. The van der Waals surface area contributed by atoms with Crippen molar-refractivity contribution in [2.75, 3.05) is 34.3 Å². The molecule has 0 radical (unpaired) electrons. The summed E-state index contributed by atoms with van der Waals surface area (Å²) in [5.41, 5.74) is 2.07. The Labute approximate surface area is 186 Å². The van der Waals surface area contributed by atoms with E-state index in [4.69, 9.17) is 4.74 Å². The van der Waals surface area contributed by atoms with Gasteiger partial charge in [0.05, 0.1) is 18.7 Å². The van der Waals surface area contributed by atoms with Crippen LogP contribution in [0.3, 0.4) is 0 Å². The molecule has 1 aliphatic rings. The van der Waals surface area contributed by atoms with E-state index in [-0.39, 0.29) is 11.3 Å². The van der Waals surface area contributed by atoms with Gasteiger partial charge in [0.2, 0.25) is 0 Å². The molecule has 1 amide bonds. The fourth-order valence-electron chi connectivity index (χ4n) is 4.30. The molecule has 0 saturated carbocycles. The Morgan fingerprint density at radius 3 is 2.59 bits per heavy atom. The number of nitrogens with one attached hydrogen (secondary N) is 1. The van der Waals surface area contributed by atoms with E-state index in [1.54, 1.807) is 24.3 Å². The molecule has 1 atom stereocenters. The molecular weight excluding hydrogens is 406 g/mol. The van der Waals surface area contributed by atoms with Gasteiger partial charge in [-0.2, -0.15) is 0 Å². The maximum absolute atomic E-state index is 13.2. The maximum atomic E-state index is 13.2. The number of nitrogens with zero attached hydrogens (tertiary/aromatic N) is 2. The van der Waals surface area contributed by atoms with Gasteiger partial charge < -0.3 is 24.6 Å². The first-order valence-corrected chi connectivity index (χ1v) is 10.6. The van der Waals surface area contributed by atoms with Crippen LogP contribution in [-0.4, -0.2) is 65.9 Å². The Morgan fingerprint density at radius 1 is 1.12 bits per heavy atom. The molecule has 1 aliphatic heterocycles. The van der Waals surface area contributed by atoms with Gasteiger partial charge in [-0.05, 0) is 39.2 Å². The molecule has 0 bridgehead atoms. The first-order chi connectivity index (χ1) is 15.4. The summed E-state index contributed by atoms with van der Waals surface area (Å²) in [6, 6.07) is 14.1. The quantitative estimate of drug-likeness (QED) is 0.338. The van der Waals surface area contributed by atoms with E-state index in [2.05, 4.69) is 4.98 Å². The Kier molecular flexibility index (Phi) is 6.01. The number of ether oxygens (including phenoxy) is 1. The SMILES string of the molecule is COc1ccccc1[C@@H]1/C(=C(\O)c2c[nH]c3ccccc23)C(=O)C(=O)N1CCCN(C)C. The maximum Gasteiger partial charge on any atom is 0.295 e. The Morgan fingerprint density at radius 2 is 1.84 bits per heavy atom. The number of Topliss-reactive ketones (excluding diaryl/α,β-unsaturated/α-hetero) is 1. The van der Waals surface area contributed by atoms with Crippen molar-refractivity contribution in [2.24, 2.45) is 0 Å². The number of aromatic nitrogens is 1. The predicted octanol–water partition coefficient (Wildman–Crippen LogP) is 3.55. The average Bonchev–Trinajstić information content (AvgIpc) is 3.33. The van der Waals surface area contributed by atoms with Crippen molar-refractivity contribution in [3.63, 3.8) is 0 Å². The predicted molar refractivity (Wildman–Crippen MR) is 123 cm³/mol. The van der Waals surface area contributed by atoms with Gasteiger partial charge in [0.1, 0.15) is 11.5 Å². The van der Waals surface area contributed by atoms with Gasteiger partial charge in [0, 0.05) is 34.8 Å². The number of carbonyl (C=O) groups excluding carboxylic acids is 2. The third-order valence-electron chi connectivity index (χ3n) is 5.82. The molecule has 7 nitrogen and oxygen atoms in total. The molecule has 166 valence electrons. The molecule has 4 rings (SSSR count). The van der Waals surface area contributed by atoms with Crippen LogP contribution in [0.1, 0.15) is 23.6 Å². The fraction of sp³-hybridized carbons (Fsp3) is 0.280. The van der Waals surface area contributed by atoms with Crippen molar-refractivity contribution in [3.05, 3.63) is 71.4 Å². The number of methoxy groups -OCH3 is 1. The van der Waals surface area contributed by atoms with Crippen LogP contribution in [0, 0.1) is 0 Å². The molecule has 3 aromatic rings. The van der Waals surface area contributed by atoms with E-state index in [1.807, 2.05) is 61.5 Å². The summed E-state index contributed by atoms with van der Waals surface area (Å²) in [4.78, 5) is 33.0. The van der Waals surface area contributed by atoms with E-state index in [9.17, 15) is 14.7 Å². The number of para-hydroxylation sites is 2. The second kappa shape index (κ2) is 8.88. The number of rotatable bonds is 7. The molecule has 0 spiro atoms. The van der Waals surface area contributed by atoms with E-state index < -0.39 is 17.7 Å². The molecule has 2 aromatic carbocycles. The van der Waals surface area contributed by atoms with Gasteiger partial charge in [-0.3, -0.25) is 9.59 Å². The van der Waals surface area contributed by atoms with Crippen molar-refractivity contribution in [1.82, 2.24) is 14.8 Å². The number of fused-ring (bicyclic) bond motifs is 1. The van der Waals surface area contributed by atoms with E-state index >= 15 is 0 Å². The normalized spacial score (nSPS) is 18.1. The average molecular weight is 434 g/mol. The van der Waals surface area contributed by atoms with Crippen LogP contribution >= 0.6 is 0 Å². The lowest BCUT2D eigenvalue weighted by Crippen LogP contribution is -2.32. The highest BCUT2D eigenvalue weighted by molar-refractivity contribution is 6.46. The lowest BCUT2D eigenvalue weighted by atomic mass is 9.94. The lowest BCUT2D eigenvalue weighted by molar-refractivity contribution is -0.140. The fourth-order valence-corrected chi connectivity index (χ4v) is 4.30. The van der Waals surface area contributed by atoms with Crippen molar-refractivity contribution >= 4 is 28.4 Å². The molecule has 1 saturated heterocycles. The van der Waals surface area contributed by atoms with Gasteiger partial charge in [-0.1, -0.05) is 36.4 Å². The van der Waals surface area contributed by atoms with Crippen LogP contribution in [0.25, 0.3) is 16.7 Å². The number of likely N-dealkylation sites (tertiary alicyclic amines) is 1. The highest BCUT2D eigenvalue weighted by Crippen LogP contribution is 2.43. The minimum Gasteiger partial charge on any atom is -0.507 e. The zero-order valence-electron chi connectivity index (χ0n) is 18.5. The van der Waals surface area contributed by atoms with Crippen molar-refractivity contribution in [1.29, 1.82) is 0 Å². The van der Waals surface area contributed by atoms with E-state index in [0.717, 1.165) is 17.4 Å². The van der Waals surface area contributed by atoms with Crippen LogP contribution < -0.4 is 4.74 Å². The summed E-state index contributed by atoms with van der Waals surface area (Å²) >= 11 is 0. The van der Waals surface area contributed by atoms with Crippen LogP contribution in [0.4, 0.5) is 0 Å². The van der Waals surface area contributed by atoms with Crippen molar-refractivity contribution < 1.29 is 19.4 Å². The molecule has 0 aliphatic carbocycles. The van der Waals surface area contributed by atoms with E-state index in [0.29, 0.717) is 29.8 Å². The van der Waals surface area contributed by atoms with Crippen LogP contribution in [0.15, 0.2) is 60.3 Å². The van der Waals surface area contributed by atoms with Crippen LogP contribution in [0.5, 0.6) is 5.75 Å². The smallest absolute Gasteiger partial charge is 0.295 e. The number of ketones is 1. The monoisotopic (exact) mass is 433 g/mol. The standard InChI is InChI=1S/C25H27N3O4/c1-27(2)13-8-14-28-22(17-10-5-7-12-20(17)32-3)21(24(30)25(28)31)23(29)18-15-26-19-11-6-4-9-16(18)19/h4-7,9-12,15,22,26,29H,8,13-14H2,1-3H3/b23-21+/t22-/m1/s1. The Balaban J connectivity index is 1.88. The molecule has 0 unspecified atom stereocenters. The highest BCUT2D eigenvalue weighted by Gasteiger charge is 2.46. The molecule has 2 N–H and O–H groups in total. The number of carbonyl (C=O) groups is 2. The summed E-state index contributed by atoms with van der Waals surface area (Å²) in [5, 5.41) is 12.1. The van der Waals surface area contributed by atoms with Crippen LogP contribution in [-0.2, 0) is 9.59 Å². The third kappa shape index (κ3) is 3.76. The number of amides is 1. The summed E-state index contributed by atoms with van der Waals surface area (Å²) in [7, 11) is 5.47. The number of aromatic amines is 1. The third-order valence-corrected chi connectivity index (χ3v) is 5.82. The summed E-state index contributed by atoms with van der Waals surface area (Å²) in [6.07, 6.45) is 2.36. The summed E-state index contributed by atoms with van der Waals surface area (Å²) in [6.45, 7) is 1.15. The van der Waals surface area contributed by atoms with E-state index in [1.165, 1.54) is 0 Å². The molecule has 1 fully saturated rings. The van der Waals surface area contributed by atoms with Crippen molar-refractivity contribution in [3.8, 4) is 5.75 Å². The summed E-state index contributed by atoms with van der Waals surface area (Å²) in [5.74, 6) is -0.928. The number of benzene rings is 2. The molecular formula is C25H27N3O4. The molecule has 7 heteroatoms. The molecule has 32 heavy (non-hydrogen) atoms. The van der Waals surface area contributed by atoms with Gasteiger partial charge in [0.15, 0.2) is 0 Å². The van der Waals surface area contributed by atoms with Crippen LogP contribution in [0.2, 0.25) is 0 Å². The molecule has 2 heterocycles. The Bertz CT molecular complexity index is 1190. The second-order valence-electron chi connectivity index (χ2n) is 8.14. The number of H-pyrrole nitrogens is 1. The largest absolute Gasteiger partial charge is 0.507 e. The lowest BCUT2D eigenvalue weighted by Gasteiger charge is -2.27.